The van der Waals surface area contributed by atoms with Crippen LogP contribution >= 0.6 is 11.6 Å². The molecule has 5 heteroatoms. The van der Waals surface area contributed by atoms with E-state index in [1.807, 2.05) is 34.9 Å². The van der Waals surface area contributed by atoms with E-state index in [1.54, 1.807) is 12.1 Å². The Hall–Kier alpha value is -1.81. The van der Waals surface area contributed by atoms with Crippen LogP contribution in [0.15, 0.2) is 42.6 Å². The zero-order valence-corrected chi connectivity index (χ0v) is 9.59. The number of benzene rings is 1. The van der Waals surface area contributed by atoms with E-state index in [1.165, 1.54) is 0 Å². The molecule has 0 aliphatic heterocycles. The summed E-state index contributed by atoms with van der Waals surface area (Å²) in [5.41, 5.74) is 2.22. The molecule has 0 unspecified atom stereocenters. The molecule has 2 radical (unpaired) electrons. The van der Waals surface area contributed by atoms with Crippen LogP contribution < -0.4 is 5.46 Å². The Morgan fingerprint density at radius 3 is 2.76 bits per heavy atom. The van der Waals surface area contributed by atoms with E-state index >= 15 is 0 Å². The lowest BCUT2D eigenvalue weighted by molar-refractivity contribution is 1.11. The zero-order valence-electron chi connectivity index (χ0n) is 8.84. The fraction of sp³-hybridized carbons (Fsp3) is 0. The van der Waals surface area contributed by atoms with Crippen molar-refractivity contribution < 1.29 is 0 Å². The van der Waals surface area contributed by atoms with E-state index in [0.29, 0.717) is 22.0 Å². The molecule has 0 spiro atoms. The number of halogens is 1. The molecule has 0 aliphatic rings. The summed E-state index contributed by atoms with van der Waals surface area (Å²) in [5, 5.41) is 8.86. The summed E-state index contributed by atoms with van der Waals surface area (Å²) >= 11 is 6.14. The van der Waals surface area contributed by atoms with Crippen molar-refractivity contribution in [3.05, 3.63) is 47.6 Å². The Balaban J connectivity index is 2.29. The number of fused-ring (bicyclic) bond motifs is 1. The van der Waals surface area contributed by atoms with Gasteiger partial charge in [0.1, 0.15) is 7.85 Å². The van der Waals surface area contributed by atoms with E-state index in [-0.39, 0.29) is 0 Å². The molecule has 2 aromatic heterocycles. The minimum absolute atomic E-state index is 0.652. The largest absolute Gasteiger partial charge is 0.282 e. The van der Waals surface area contributed by atoms with Crippen molar-refractivity contribution in [2.75, 3.05) is 0 Å². The second kappa shape index (κ2) is 3.89. The van der Waals surface area contributed by atoms with E-state index < -0.39 is 0 Å². The average molecular weight is 239 g/mol. The fourth-order valence-electron chi connectivity index (χ4n) is 1.73. The SMILES string of the molecule is [B]c1ccn2c(-c3ccccc3Cl)nnc2c1. The van der Waals surface area contributed by atoms with Gasteiger partial charge in [-0.05, 0) is 18.2 Å². The highest BCUT2D eigenvalue weighted by molar-refractivity contribution is 6.33. The van der Waals surface area contributed by atoms with Crippen LogP contribution in [0.3, 0.4) is 0 Å². The van der Waals surface area contributed by atoms with E-state index in [4.69, 9.17) is 19.4 Å². The molecular weight excluding hydrogens is 232 g/mol. The predicted molar refractivity (Wildman–Crippen MR) is 68.8 cm³/mol. The number of hydrogen-bond donors (Lipinski definition) is 0. The smallest absolute Gasteiger partial charge is 0.169 e. The zero-order chi connectivity index (χ0) is 11.8. The normalized spacial score (nSPS) is 10.9. The standard InChI is InChI=1S/C12H7BClN3/c13-8-5-6-17-11(7-8)15-16-12(17)9-3-1-2-4-10(9)14/h1-7H. The Morgan fingerprint density at radius 1 is 1.12 bits per heavy atom. The molecule has 0 atom stereocenters. The molecule has 3 rings (SSSR count). The number of aromatic nitrogens is 3. The van der Waals surface area contributed by atoms with Crippen LogP contribution in [0.2, 0.25) is 5.02 Å². The first kappa shape index (κ1) is 10.4. The molecule has 0 fully saturated rings. The van der Waals surface area contributed by atoms with Crippen molar-refractivity contribution >= 4 is 30.6 Å². The minimum Gasteiger partial charge on any atom is -0.282 e. The van der Waals surface area contributed by atoms with Crippen LogP contribution in [0.4, 0.5) is 0 Å². The highest BCUT2D eigenvalue weighted by Crippen LogP contribution is 2.25. The molecular formula is C12H7BClN3. The van der Waals surface area contributed by atoms with Crippen molar-refractivity contribution in [3.8, 4) is 11.4 Å². The van der Waals surface area contributed by atoms with Crippen LogP contribution in [0.5, 0.6) is 0 Å². The second-order valence-electron chi connectivity index (χ2n) is 3.69. The lowest BCUT2D eigenvalue weighted by Gasteiger charge is -2.02. The summed E-state index contributed by atoms with van der Waals surface area (Å²) in [5.74, 6) is 0.714. The quantitative estimate of drug-likeness (QED) is 0.607. The fourth-order valence-corrected chi connectivity index (χ4v) is 1.95. The molecule has 0 N–H and O–H groups in total. The molecule has 80 valence electrons. The van der Waals surface area contributed by atoms with Crippen LogP contribution in [0, 0.1) is 0 Å². The van der Waals surface area contributed by atoms with Crippen LogP contribution in [-0.2, 0) is 0 Å². The van der Waals surface area contributed by atoms with Gasteiger partial charge in [-0.25, -0.2) is 0 Å². The third kappa shape index (κ3) is 1.70. The predicted octanol–water partition coefficient (Wildman–Crippen LogP) is 1.84. The van der Waals surface area contributed by atoms with Crippen molar-refractivity contribution in [1.82, 2.24) is 14.6 Å². The number of rotatable bonds is 1. The highest BCUT2D eigenvalue weighted by atomic mass is 35.5. The maximum atomic E-state index is 6.14. The molecule has 0 amide bonds. The van der Waals surface area contributed by atoms with Gasteiger partial charge in [-0.1, -0.05) is 35.3 Å². The molecule has 3 nitrogen and oxygen atoms in total. The summed E-state index contributed by atoms with van der Waals surface area (Å²) in [6, 6.07) is 11.1. The van der Waals surface area contributed by atoms with Gasteiger partial charge in [-0.3, -0.25) is 4.40 Å². The van der Waals surface area contributed by atoms with Gasteiger partial charge in [0, 0.05) is 11.8 Å². The van der Waals surface area contributed by atoms with Gasteiger partial charge in [0.05, 0.1) is 5.02 Å². The summed E-state index contributed by atoms with van der Waals surface area (Å²) in [6.07, 6.45) is 1.84. The number of hydrogen-bond acceptors (Lipinski definition) is 2. The lowest BCUT2D eigenvalue weighted by Crippen LogP contribution is -2.03. The van der Waals surface area contributed by atoms with Crippen LogP contribution in [-0.4, -0.2) is 22.4 Å². The Labute approximate surface area is 104 Å². The summed E-state index contributed by atoms with van der Waals surface area (Å²) < 4.78 is 1.86. The van der Waals surface area contributed by atoms with Gasteiger partial charge in [-0.2, -0.15) is 0 Å². The molecule has 0 saturated carbocycles. The first-order valence-corrected chi connectivity index (χ1v) is 5.48. The highest BCUT2D eigenvalue weighted by Gasteiger charge is 2.10. The summed E-state index contributed by atoms with van der Waals surface area (Å²) in [4.78, 5) is 0. The van der Waals surface area contributed by atoms with Crippen molar-refractivity contribution in [3.63, 3.8) is 0 Å². The van der Waals surface area contributed by atoms with Gasteiger partial charge in [0.25, 0.3) is 0 Å². The molecule has 17 heavy (non-hydrogen) atoms. The van der Waals surface area contributed by atoms with E-state index in [0.717, 1.165) is 5.56 Å². The summed E-state index contributed by atoms with van der Waals surface area (Å²) in [7, 11) is 5.69. The van der Waals surface area contributed by atoms with Gasteiger partial charge in [0.15, 0.2) is 11.5 Å². The topological polar surface area (TPSA) is 30.2 Å². The van der Waals surface area contributed by atoms with Gasteiger partial charge < -0.3 is 0 Å². The summed E-state index contributed by atoms with van der Waals surface area (Å²) in [6.45, 7) is 0. The first-order chi connectivity index (χ1) is 8.25. The Morgan fingerprint density at radius 2 is 1.94 bits per heavy atom. The third-order valence-electron chi connectivity index (χ3n) is 2.55. The lowest BCUT2D eigenvalue weighted by atomic mass is 9.98. The maximum absolute atomic E-state index is 6.14. The molecule has 0 bridgehead atoms. The van der Waals surface area contributed by atoms with Crippen LogP contribution in [0.25, 0.3) is 17.0 Å². The molecule has 1 aromatic carbocycles. The maximum Gasteiger partial charge on any atom is 0.169 e. The number of nitrogens with zero attached hydrogens (tertiary/aromatic N) is 3. The van der Waals surface area contributed by atoms with E-state index in [2.05, 4.69) is 10.2 Å². The Bertz CT molecular complexity index is 693. The van der Waals surface area contributed by atoms with Crippen molar-refractivity contribution in [2.45, 2.75) is 0 Å². The van der Waals surface area contributed by atoms with Gasteiger partial charge in [0.2, 0.25) is 0 Å². The van der Waals surface area contributed by atoms with Crippen molar-refractivity contribution in [2.24, 2.45) is 0 Å². The number of pyridine rings is 1. The molecule has 0 saturated heterocycles. The van der Waals surface area contributed by atoms with Gasteiger partial charge >= 0.3 is 0 Å². The molecule has 2 heterocycles. The first-order valence-electron chi connectivity index (χ1n) is 5.11. The van der Waals surface area contributed by atoms with Gasteiger partial charge in [-0.15, -0.1) is 10.2 Å². The van der Waals surface area contributed by atoms with E-state index in [9.17, 15) is 0 Å². The van der Waals surface area contributed by atoms with Crippen molar-refractivity contribution in [1.29, 1.82) is 0 Å². The second-order valence-corrected chi connectivity index (χ2v) is 4.10. The third-order valence-corrected chi connectivity index (χ3v) is 2.88. The van der Waals surface area contributed by atoms with Crippen LogP contribution in [0.1, 0.15) is 0 Å². The monoisotopic (exact) mass is 239 g/mol. The minimum atomic E-state index is 0.652. The molecule has 3 aromatic rings. The molecule has 0 aliphatic carbocycles. The Kier molecular flexibility index (Phi) is 2.37. The average Bonchev–Trinajstić information content (AvgIpc) is 2.72.